The van der Waals surface area contributed by atoms with Gasteiger partial charge in [-0.05, 0) is 94.2 Å². The fourth-order valence-corrected chi connectivity index (χ4v) is 12.5. The molecule has 2 aliphatic heterocycles. The molecule has 0 bridgehead atoms. The number of nitrogens with one attached hydrogen (secondary N) is 7. The molecular formula is C61H90N14O20S. The van der Waals surface area contributed by atoms with Gasteiger partial charge in [-0.3, -0.25) is 82.0 Å². The number of carboxylic acid groups (broad SMARTS) is 6. The summed E-state index contributed by atoms with van der Waals surface area (Å²) in [6.45, 7) is 2.84. The molecule has 3 atom stereocenters. The smallest absolute Gasteiger partial charge is 0.323 e. The molecule has 1 saturated heterocycles. The SMILES string of the molecule is Cc1cc(OCCCC(=O)NCCNC(=O)C(CCC(=O)O)NC(=O)C(CCC(=O)O)CNC(=O)CN2CCN(CC(=O)O)CCN(CC(=O)O)CCN(CC(=O)O)CC2)cc(C)c1S(=O)(=O)NC(CNC(=O)c1ccc2c(CCCNC3=NCCCC3)nn(C)c2c1)C(=O)O. The van der Waals surface area contributed by atoms with E-state index in [0.29, 0.717) is 11.9 Å². The van der Waals surface area contributed by atoms with Crippen LogP contribution in [0.1, 0.15) is 91.4 Å². The summed E-state index contributed by atoms with van der Waals surface area (Å²) in [4.78, 5) is 148. The predicted octanol–water partition coefficient (Wildman–Crippen LogP) is -1.73. The van der Waals surface area contributed by atoms with Gasteiger partial charge in [0.05, 0.1) is 60.6 Å². The first-order valence-corrected chi connectivity index (χ1v) is 33.2. The number of sulfonamides is 1. The van der Waals surface area contributed by atoms with E-state index >= 15 is 0 Å². The molecule has 3 aromatic rings. The molecule has 35 heteroatoms. The van der Waals surface area contributed by atoms with E-state index in [0.717, 1.165) is 55.7 Å². The molecule has 2 aliphatic rings. The minimum Gasteiger partial charge on any atom is -0.494 e. The Bertz CT molecular complexity index is 3330. The Morgan fingerprint density at radius 2 is 1.18 bits per heavy atom. The number of rotatable bonds is 38. The zero-order valence-corrected chi connectivity index (χ0v) is 55.1. The average molecular weight is 1370 g/mol. The number of ether oxygens (including phenoxy) is 1. The Kier molecular flexibility index (Phi) is 31.8. The Labute approximate surface area is 554 Å². The van der Waals surface area contributed by atoms with Crippen molar-refractivity contribution in [2.45, 2.75) is 101 Å². The van der Waals surface area contributed by atoms with E-state index in [9.17, 15) is 91.8 Å². The van der Waals surface area contributed by atoms with Gasteiger partial charge in [0.2, 0.25) is 33.7 Å². The van der Waals surface area contributed by atoms with Crippen LogP contribution in [0, 0.1) is 19.8 Å². The molecule has 5 amide bonds. The summed E-state index contributed by atoms with van der Waals surface area (Å²) in [7, 11) is -2.73. The molecule has 3 heterocycles. The third kappa shape index (κ3) is 27.4. The number of carboxylic acids is 6. The standard InChI is InChI=1S/C61H90N14O20S/c1-39-30-43(31-40(2)57(39)96(93,94)70-47(61(91)92)34-67-58(88)41-11-13-44-45(69-71(3)48(44)32-41)8-6-18-63-49-9-4-5-17-62-49)95-29-7-10-50(76)64-19-20-65-60(90)46(14-16-53(80)81)68-59(89)42(12-15-52(78)79)33-66-51(77)35-72-21-23-73(36-54(82)83)25-27-75(38-56(86)87)28-26-74(24-22-72)37-55(84)85/h11,13,30-32,42,46-47,70H,4-10,12,14-29,33-38H2,1-3H3,(H,62,63)(H,64,76)(H,65,90)(H,66,77)(H,67,88)(H,68,89)(H,78,79)(H,80,81)(H,82,83)(H,84,85)(H,86,87)(H,91,92). The van der Waals surface area contributed by atoms with Gasteiger partial charge in [0.25, 0.3) is 5.91 Å². The number of hydrogen-bond acceptors (Lipinski definition) is 21. The van der Waals surface area contributed by atoms with Crippen molar-refractivity contribution in [2.75, 3.05) is 124 Å². The van der Waals surface area contributed by atoms with Crippen molar-refractivity contribution in [3.63, 3.8) is 0 Å². The minimum absolute atomic E-state index is 0.00103. The van der Waals surface area contributed by atoms with Gasteiger partial charge in [0.1, 0.15) is 17.8 Å². The highest BCUT2D eigenvalue weighted by molar-refractivity contribution is 7.89. The molecule has 530 valence electrons. The van der Waals surface area contributed by atoms with E-state index in [1.165, 1.54) is 26.0 Å². The van der Waals surface area contributed by atoms with Gasteiger partial charge in [-0.15, -0.1) is 0 Å². The van der Waals surface area contributed by atoms with E-state index in [4.69, 9.17) is 4.74 Å². The van der Waals surface area contributed by atoms with Crippen LogP contribution in [-0.2, 0) is 71.4 Å². The van der Waals surface area contributed by atoms with Crippen LogP contribution >= 0.6 is 0 Å². The topological polar surface area (TPSA) is 480 Å². The number of amides is 5. The number of carbonyl (C=O) groups excluding carboxylic acids is 5. The van der Waals surface area contributed by atoms with Crippen LogP contribution < -0.4 is 41.4 Å². The highest BCUT2D eigenvalue weighted by atomic mass is 32.2. The monoisotopic (exact) mass is 1370 g/mol. The normalized spacial score (nSPS) is 15.7. The highest BCUT2D eigenvalue weighted by Gasteiger charge is 2.31. The fourth-order valence-electron chi connectivity index (χ4n) is 10.9. The molecule has 1 fully saturated rings. The Morgan fingerprint density at radius 1 is 0.604 bits per heavy atom. The maximum Gasteiger partial charge on any atom is 0.323 e. The van der Waals surface area contributed by atoms with E-state index in [2.05, 4.69) is 46.7 Å². The minimum atomic E-state index is -4.49. The van der Waals surface area contributed by atoms with Gasteiger partial charge in [0.15, 0.2) is 0 Å². The summed E-state index contributed by atoms with van der Waals surface area (Å²) in [5.41, 5.74) is 2.19. The lowest BCUT2D eigenvalue weighted by Gasteiger charge is -2.33. The molecule has 13 N–H and O–H groups in total. The van der Waals surface area contributed by atoms with Crippen LogP contribution in [0.3, 0.4) is 0 Å². The first kappa shape index (κ1) is 77.8. The van der Waals surface area contributed by atoms with Crippen LogP contribution in [0.5, 0.6) is 5.75 Å². The van der Waals surface area contributed by atoms with Crippen molar-refractivity contribution in [1.29, 1.82) is 0 Å². The highest BCUT2D eigenvalue weighted by Crippen LogP contribution is 2.27. The molecule has 0 radical (unpaired) electrons. The number of amidine groups is 1. The number of aliphatic imine (C=N–C) groups is 1. The largest absolute Gasteiger partial charge is 0.494 e. The molecule has 0 spiro atoms. The number of benzene rings is 2. The van der Waals surface area contributed by atoms with Gasteiger partial charge in [-0.1, -0.05) is 6.07 Å². The van der Waals surface area contributed by atoms with E-state index in [1.807, 2.05) is 0 Å². The molecule has 0 saturated carbocycles. The lowest BCUT2D eigenvalue weighted by molar-refractivity contribution is -0.140. The van der Waals surface area contributed by atoms with E-state index in [-0.39, 0.29) is 132 Å². The summed E-state index contributed by atoms with van der Waals surface area (Å²) < 4.78 is 37.1. The molecule has 3 unspecified atom stereocenters. The van der Waals surface area contributed by atoms with Crippen LogP contribution in [-0.4, -0.2) is 276 Å². The third-order valence-electron chi connectivity index (χ3n) is 15.8. The van der Waals surface area contributed by atoms with E-state index < -0.39 is 139 Å². The maximum atomic E-state index is 13.7. The zero-order valence-electron chi connectivity index (χ0n) is 54.3. The average Bonchev–Trinajstić information content (AvgIpc) is 1.23. The molecule has 34 nitrogen and oxygen atoms in total. The van der Waals surface area contributed by atoms with E-state index in [1.54, 1.807) is 49.5 Å². The molecular weight excluding hydrogens is 1280 g/mol. The summed E-state index contributed by atoms with van der Waals surface area (Å²) >= 11 is 0. The predicted molar refractivity (Wildman–Crippen MR) is 345 cm³/mol. The van der Waals surface area contributed by atoms with Crippen LogP contribution in [0.4, 0.5) is 0 Å². The molecule has 96 heavy (non-hydrogen) atoms. The summed E-state index contributed by atoms with van der Waals surface area (Å²) in [5, 5.41) is 79.2. The van der Waals surface area contributed by atoms with Crippen molar-refractivity contribution in [1.82, 2.24) is 66.0 Å². The van der Waals surface area contributed by atoms with Crippen molar-refractivity contribution >= 4 is 92.1 Å². The Hall–Kier alpha value is -8.90. The lowest BCUT2D eigenvalue weighted by atomic mass is 10.0. The Morgan fingerprint density at radius 3 is 1.73 bits per heavy atom. The first-order valence-electron chi connectivity index (χ1n) is 31.7. The van der Waals surface area contributed by atoms with Crippen LogP contribution in [0.2, 0.25) is 0 Å². The molecule has 1 aromatic heterocycles. The third-order valence-corrected chi connectivity index (χ3v) is 17.6. The van der Waals surface area contributed by atoms with Gasteiger partial charge < -0.3 is 67.3 Å². The summed E-state index contributed by atoms with van der Waals surface area (Å²) in [6.07, 6.45) is 2.97. The van der Waals surface area contributed by atoms with Gasteiger partial charge in [-0.25, -0.2) is 8.42 Å². The number of hydrogen-bond donors (Lipinski definition) is 13. The quantitative estimate of drug-likeness (QED) is 0.0284. The van der Waals surface area contributed by atoms with Crippen LogP contribution in [0.25, 0.3) is 10.9 Å². The number of fused-ring (bicyclic) bond motifs is 1. The Balaban J connectivity index is 1.07. The first-order chi connectivity index (χ1) is 45.6. The number of aliphatic carboxylic acids is 6. The van der Waals surface area contributed by atoms with Gasteiger partial charge in [-0.2, -0.15) is 9.82 Å². The van der Waals surface area contributed by atoms with Crippen molar-refractivity contribution in [3.05, 3.63) is 52.7 Å². The number of nitrogens with zero attached hydrogens (tertiary/aromatic N) is 7. The lowest BCUT2D eigenvalue weighted by Crippen LogP contribution is -2.52. The molecule has 0 aliphatic carbocycles. The van der Waals surface area contributed by atoms with Crippen molar-refractivity contribution in [2.24, 2.45) is 18.0 Å². The second-order valence-corrected chi connectivity index (χ2v) is 25.2. The summed E-state index contributed by atoms with van der Waals surface area (Å²) in [6, 6.07) is 4.67. The maximum absolute atomic E-state index is 13.7. The zero-order chi connectivity index (χ0) is 70.5. The fraction of sp³-hybridized carbons (Fsp3) is 0.590. The van der Waals surface area contributed by atoms with Crippen molar-refractivity contribution in [3.8, 4) is 5.75 Å². The second-order valence-electron chi connectivity index (χ2n) is 23.5. The molecule has 5 rings (SSSR count). The molecule has 2 aromatic carbocycles. The van der Waals surface area contributed by atoms with Crippen molar-refractivity contribution < 1.29 is 96.5 Å². The summed E-state index contributed by atoms with van der Waals surface area (Å²) in [5.74, 6) is -10.9. The van der Waals surface area contributed by atoms with Gasteiger partial charge in [0, 0.05) is 135 Å². The number of carbonyl (C=O) groups is 11. The number of aromatic nitrogens is 2. The van der Waals surface area contributed by atoms with Gasteiger partial charge >= 0.3 is 35.8 Å². The van der Waals surface area contributed by atoms with Crippen LogP contribution in [0.15, 0.2) is 40.2 Å². The second kappa shape index (κ2) is 39.2. The number of aryl methyl sites for hydroxylation is 4.